The van der Waals surface area contributed by atoms with Crippen molar-refractivity contribution >= 4 is 34.4 Å². The van der Waals surface area contributed by atoms with E-state index < -0.39 is 0 Å². The van der Waals surface area contributed by atoms with Crippen LogP contribution in [0, 0.1) is 0 Å². The SMILES string of the molecule is CC1(c2ccc(C(=O)NCc3ccccc3Cl)cc2)CCSC(N)=N1. The molecule has 0 aliphatic carbocycles. The number of thioether (sulfide) groups is 1. The molecular formula is C19H20ClN3OS. The average molecular weight is 374 g/mol. The van der Waals surface area contributed by atoms with Gasteiger partial charge in [0.2, 0.25) is 0 Å². The zero-order chi connectivity index (χ0) is 17.9. The summed E-state index contributed by atoms with van der Waals surface area (Å²) >= 11 is 7.69. The van der Waals surface area contributed by atoms with Crippen molar-refractivity contribution in [3.63, 3.8) is 0 Å². The van der Waals surface area contributed by atoms with Crippen molar-refractivity contribution in [1.29, 1.82) is 0 Å². The smallest absolute Gasteiger partial charge is 0.251 e. The predicted molar refractivity (Wildman–Crippen MR) is 105 cm³/mol. The molecular weight excluding hydrogens is 354 g/mol. The Labute approximate surface area is 156 Å². The first-order valence-electron chi connectivity index (χ1n) is 8.08. The van der Waals surface area contributed by atoms with Crippen LogP contribution in [0.5, 0.6) is 0 Å². The number of amidine groups is 1. The second-order valence-corrected chi connectivity index (χ2v) is 7.70. The van der Waals surface area contributed by atoms with Crippen LogP contribution in [0.1, 0.15) is 34.8 Å². The van der Waals surface area contributed by atoms with E-state index in [1.54, 1.807) is 11.8 Å². The molecule has 1 amide bonds. The molecule has 2 aromatic rings. The van der Waals surface area contributed by atoms with Crippen molar-refractivity contribution in [2.75, 3.05) is 5.75 Å². The fourth-order valence-corrected chi connectivity index (χ4v) is 3.97. The van der Waals surface area contributed by atoms with Crippen LogP contribution in [-0.2, 0) is 12.1 Å². The summed E-state index contributed by atoms with van der Waals surface area (Å²) in [6.45, 7) is 2.47. The van der Waals surface area contributed by atoms with Crippen molar-refractivity contribution < 1.29 is 4.79 Å². The third kappa shape index (κ3) is 4.17. The second-order valence-electron chi connectivity index (χ2n) is 6.17. The lowest BCUT2D eigenvalue weighted by Crippen LogP contribution is -2.29. The van der Waals surface area contributed by atoms with E-state index in [0.717, 1.165) is 23.3 Å². The molecule has 4 nitrogen and oxygen atoms in total. The van der Waals surface area contributed by atoms with Crippen LogP contribution >= 0.6 is 23.4 Å². The van der Waals surface area contributed by atoms with E-state index in [1.165, 1.54) is 0 Å². The average Bonchev–Trinajstić information content (AvgIpc) is 2.61. The van der Waals surface area contributed by atoms with E-state index in [2.05, 4.69) is 17.2 Å². The number of aliphatic imine (C=N–C) groups is 1. The maximum atomic E-state index is 12.3. The summed E-state index contributed by atoms with van der Waals surface area (Å²) < 4.78 is 0. The van der Waals surface area contributed by atoms with Crippen molar-refractivity contribution in [2.45, 2.75) is 25.4 Å². The lowest BCUT2D eigenvalue weighted by molar-refractivity contribution is 0.0951. The van der Waals surface area contributed by atoms with Gasteiger partial charge < -0.3 is 11.1 Å². The zero-order valence-corrected chi connectivity index (χ0v) is 15.5. The number of hydrogen-bond donors (Lipinski definition) is 2. The number of hydrogen-bond acceptors (Lipinski definition) is 4. The lowest BCUT2D eigenvalue weighted by atomic mass is 9.89. The van der Waals surface area contributed by atoms with Crippen LogP contribution in [0.15, 0.2) is 53.5 Å². The van der Waals surface area contributed by atoms with E-state index in [9.17, 15) is 4.79 Å². The van der Waals surface area contributed by atoms with Gasteiger partial charge in [-0.05, 0) is 42.7 Å². The van der Waals surface area contributed by atoms with E-state index in [4.69, 9.17) is 17.3 Å². The number of halogens is 1. The molecule has 130 valence electrons. The quantitative estimate of drug-likeness (QED) is 0.853. The molecule has 0 saturated carbocycles. The molecule has 3 N–H and O–H groups in total. The van der Waals surface area contributed by atoms with Gasteiger partial charge in [0.25, 0.3) is 5.91 Å². The van der Waals surface area contributed by atoms with Gasteiger partial charge in [0.15, 0.2) is 5.17 Å². The predicted octanol–water partition coefficient (Wildman–Crippen LogP) is 3.94. The van der Waals surface area contributed by atoms with E-state index >= 15 is 0 Å². The summed E-state index contributed by atoms with van der Waals surface area (Å²) in [6.07, 6.45) is 0.927. The van der Waals surface area contributed by atoms with Gasteiger partial charge in [-0.15, -0.1) is 0 Å². The summed E-state index contributed by atoms with van der Waals surface area (Å²) in [7, 11) is 0. The number of amides is 1. The van der Waals surface area contributed by atoms with Gasteiger partial charge in [-0.3, -0.25) is 9.79 Å². The van der Waals surface area contributed by atoms with Gasteiger partial charge >= 0.3 is 0 Å². The van der Waals surface area contributed by atoms with Gasteiger partial charge in [-0.2, -0.15) is 0 Å². The Balaban J connectivity index is 1.69. The molecule has 0 bridgehead atoms. The first-order valence-corrected chi connectivity index (χ1v) is 9.44. The molecule has 1 atom stereocenters. The molecule has 3 rings (SSSR count). The van der Waals surface area contributed by atoms with Crippen molar-refractivity contribution in [1.82, 2.24) is 5.32 Å². The number of benzene rings is 2. The highest BCUT2D eigenvalue weighted by Gasteiger charge is 2.29. The standard InChI is InChI=1S/C19H20ClN3OS/c1-19(10-11-25-18(21)23-19)15-8-6-13(7-9-15)17(24)22-12-14-4-2-3-5-16(14)20/h2-9H,10-12H2,1H3,(H2,21,23)(H,22,24). The lowest BCUT2D eigenvalue weighted by Gasteiger charge is -2.29. The molecule has 0 radical (unpaired) electrons. The minimum absolute atomic E-state index is 0.126. The summed E-state index contributed by atoms with van der Waals surface area (Å²) in [4.78, 5) is 16.9. The molecule has 0 spiro atoms. The highest BCUT2D eigenvalue weighted by molar-refractivity contribution is 8.13. The summed E-state index contributed by atoms with van der Waals surface area (Å²) in [5.74, 6) is 0.824. The maximum Gasteiger partial charge on any atom is 0.251 e. The number of carbonyl (C=O) groups excluding carboxylic acids is 1. The Kier molecular flexibility index (Phi) is 5.35. The number of nitrogens with zero attached hydrogens (tertiary/aromatic N) is 1. The minimum Gasteiger partial charge on any atom is -0.379 e. The molecule has 2 aromatic carbocycles. The molecule has 0 fully saturated rings. The fraction of sp³-hybridized carbons (Fsp3) is 0.263. The Bertz CT molecular complexity index is 807. The van der Waals surface area contributed by atoms with E-state index in [1.807, 2.05) is 48.5 Å². The first kappa shape index (κ1) is 17.8. The van der Waals surface area contributed by atoms with Crippen LogP contribution in [0.2, 0.25) is 5.02 Å². The number of nitrogens with two attached hydrogens (primary N) is 1. The number of carbonyl (C=O) groups is 1. The Morgan fingerprint density at radius 1 is 1.28 bits per heavy atom. The van der Waals surface area contributed by atoms with Crippen molar-refractivity contribution in [3.8, 4) is 0 Å². The molecule has 1 aliphatic rings. The summed E-state index contributed by atoms with van der Waals surface area (Å²) in [6, 6.07) is 15.0. The van der Waals surface area contributed by atoms with Crippen LogP contribution in [-0.4, -0.2) is 16.8 Å². The van der Waals surface area contributed by atoms with Crippen molar-refractivity contribution in [2.24, 2.45) is 10.7 Å². The van der Waals surface area contributed by atoms with Gasteiger partial charge in [-0.1, -0.05) is 53.7 Å². The van der Waals surface area contributed by atoms with Crippen molar-refractivity contribution in [3.05, 3.63) is 70.2 Å². The molecule has 1 unspecified atom stereocenters. The van der Waals surface area contributed by atoms with Gasteiger partial charge in [-0.25, -0.2) is 0 Å². The van der Waals surface area contributed by atoms with Crippen LogP contribution < -0.4 is 11.1 Å². The minimum atomic E-state index is -0.318. The molecule has 0 aromatic heterocycles. The molecule has 6 heteroatoms. The number of nitrogens with one attached hydrogen (secondary N) is 1. The fourth-order valence-electron chi connectivity index (χ4n) is 2.79. The highest BCUT2D eigenvalue weighted by atomic mass is 35.5. The summed E-state index contributed by atoms with van der Waals surface area (Å²) in [5.41, 5.74) is 8.13. The topological polar surface area (TPSA) is 67.5 Å². The van der Waals surface area contributed by atoms with Crippen LogP contribution in [0.3, 0.4) is 0 Å². The first-order chi connectivity index (χ1) is 12.0. The third-order valence-corrected chi connectivity index (χ3v) is 5.53. The molecule has 1 heterocycles. The Morgan fingerprint density at radius 3 is 2.68 bits per heavy atom. The van der Waals surface area contributed by atoms with Gasteiger partial charge in [0.1, 0.15) is 0 Å². The van der Waals surface area contributed by atoms with E-state index in [-0.39, 0.29) is 11.4 Å². The zero-order valence-electron chi connectivity index (χ0n) is 14.0. The third-order valence-electron chi connectivity index (χ3n) is 4.36. The Hall–Kier alpha value is -1.98. The Morgan fingerprint density at radius 2 is 2.00 bits per heavy atom. The van der Waals surface area contributed by atoms with Crippen LogP contribution in [0.25, 0.3) is 0 Å². The summed E-state index contributed by atoms with van der Waals surface area (Å²) in [5, 5.41) is 4.17. The van der Waals surface area contributed by atoms with Crippen LogP contribution in [0.4, 0.5) is 0 Å². The molecule has 1 aliphatic heterocycles. The molecule has 25 heavy (non-hydrogen) atoms. The second kappa shape index (κ2) is 7.50. The maximum absolute atomic E-state index is 12.3. The normalized spacial score (nSPS) is 20.0. The van der Waals surface area contributed by atoms with Gasteiger partial charge in [0, 0.05) is 22.9 Å². The number of rotatable bonds is 4. The molecule has 0 saturated heterocycles. The largest absolute Gasteiger partial charge is 0.379 e. The van der Waals surface area contributed by atoms with Gasteiger partial charge in [0.05, 0.1) is 5.54 Å². The highest BCUT2D eigenvalue weighted by Crippen LogP contribution is 2.34. The van der Waals surface area contributed by atoms with E-state index in [0.29, 0.717) is 22.3 Å². The monoisotopic (exact) mass is 373 g/mol.